The van der Waals surface area contributed by atoms with Crippen LogP contribution in [0, 0.1) is 6.92 Å². The lowest BCUT2D eigenvalue weighted by atomic mass is 10.1. The van der Waals surface area contributed by atoms with Crippen molar-refractivity contribution in [3.05, 3.63) is 51.7 Å². The summed E-state index contributed by atoms with van der Waals surface area (Å²) in [5.41, 5.74) is 2.27. The van der Waals surface area contributed by atoms with Gasteiger partial charge in [0.2, 0.25) is 5.91 Å². The van der Waals surface area contributed by atoms with Gasteiger partial charge in [-0.1, -0.05) is 18.2 Å². The Morgan fingerprint density at radius 2 is 2.09 bits per heavy atom. The molecule has 0 radical (unpaired) electrons. The number of rotatable bonds is 5. The average Bonchev–Trinajstić information content (AvgIpc) is 3.02. The second-order valence-corrected chi connectivity index (χ2v) is 5.94. The molecular formula is C16H18N2O3S. The highest BCUT2D eigenvalue weighted by molar-refractivity contribution is 7.12. The molecule has 1 heterocycles. The molecule has 0 aliphatic rings. The molecule has 0 saturated carbocycles. The number of thiophene rings is 1. The van der Waals surface area contributed by atoms with Crippen molar-refractivity contribution in [1.82, 2.24) is 4.90 Å². The molecule has 0 atom stereocenters. The summed E-state index contributed by atoms with van der Waals surface area (Å²) in [6.07, 6.45) is 0. The molecule has 1 aromatic heterocycles. The molecule has 2 rings (SSSR count). The summed E-state index contributed by atoms with van der Waals surface area (Å²) in [6.45, 7) is 1.76. The lowest BCUT2D eigenvalue weighted by molar-refractivity contribution is -0.116. The normalized spacial score (nSPS) is 10.3. The second-order valence-electron chi connectivity index (χ2n) is 4.99. The first-order valence-corrected chi connectivity index (χ1v) is 7.68. The van der Waals surface area contributed by atoms with Crippen LogP contribution < -0.4 is 5.32 Å². The van der Waals surface area contributed by atoms with Crippen LogP contribution in [0.4, 0.5) is 5.69 Å². The Hall–Kier alpha value is -2.18. The third kappa shape index (κ3) is 3.93. The maximum atomic E-state index is 12.1. The summed E-state index contributed by atoms with van der Waals surface area (Å²) in [6, 6.07) is 8.90. The predicted octanol–water partition coefficient (Wildman–Crippen LogP) is 2.26. The molecule has 6 heteroatoms. The molecular weight excluding hydrogens is 300 g/mol. The van der Waals surface area contributed by atoms with Crippen LogP contribution in [-0.2, 0) is 11.4 Å². The first kappa shape index (κ1) is 16.2. The Bertz CT molecular complexity index is 668. The first-order chi connectivity index (χ1) is 10.5. The third-order valence-electron chi connectivity index (χ3n) is 3.22. The topological polar surface area (TPSA) is 69.6 Å². The number of aliphatic hydroxyl groups is 1. The fourth-order valence-corrected chi connectivity index (χ4v) is 2.69. The maximum absolute atomic E-state index is 12.1. The number of nitrogens with one attached hydrogen (secondary N) is 1. The summed E-state index contributed by atoms with van der Waals surface area (Å²) in [5.74, 6) is -0.448. The van der Waals surface area contributed by atoms with E-state index in [1.54, 1.807) is 31.3 Å². The van der Waals surface area contributed by atoms with Gasteiger partial charge in [-0.15, -0.1) is 11.3 Å². The molecule has 2 aromatic rings. The minimum Gasteiger partial charge on any atom is -0.392 e. The van der Waals surface area contributed by atoms with E-state index < -0.39 is 0 Å². The van der Waals surface area contributed by atoms with E-state index in [1.165, 1.54) is 16.2 Å². The molecule has 116 valence electrons. The second kappa shape index (κ2) is 7.20. The van der Waals surface area contributed by atoms with E-state index in [-0.39, 0.29) is 25.0 Å². The van der Waals surface area contributed by atoms with E-state index in [1.807, 2.05) is 18.4 Å². The highest BCUT2D eigenvalue weighted by Crippen LogP contribution is 2.17. The fraction of sp³-hybridized carbons (Fsp3) is 0.250. The van der Waals surface area contributed by atoms with Crippen molar-refractivity contribution in [2.45, 2.75) is 13.5 Å². The summed E-state index contributed by atoms with van der Waals surface area (Å²) >= 11 is 1.35. The van der Waals surface area contributed by atoms with Crippen LogP contribution in [0.5, 0.6) is 0 Å². The zero-order valence-electron chi connectivity index (χ0n) is 12.5. The van der Waals surface area contributed by atoms with Gasteiger partial charge in [0.05, 0.1) is 18.0 Å². The summed E-state index contributed by atoms with van der Waals surface area (Å²) in [7, 11) is 1.60. The standard InChI is InChI=1S/C16H18N2O3S/c1-11-5-6-12(10-19)8-13(11)17-15(20)9-18(2)16(21)14-4-3-7-22-14/h3-8,19H,9-10H2,1-2H3,(H,17,20). The summed E-state index contributed by atoms with van der Waals surface area (Å²) in [4.78, 5) is 26.2. The minimum absolute atomic E-state index is 0.0282. The first-order valence-electron chi connectivity index (χ1n) is 6.80. The van der Waals surface area contributed by atoms with Crippen LogP contribution in [-0.4, -0.2) is 35.4 Å². The molecule has 0 bridgehead atoms. The van der Waals surface area contributed by atoms with Crippen molar-refractivity contribution in [2.75, 3.05) is 18.9 Å². The Balaban J connectivity index is 1.99. The highest BCUT2D eigenvalue weighted by Gasteiger charge is 2.16. The van der Waals surface area contributed by atoms with Gasteiger partial charge in [-0.3, -0.25) is 9.59 Å². The number of aryl methyl sites for hydroxylation is 1. The quantitative estimate of drug-likeness (QED) is 0.888. The number of anilines is 1. The van der Waals surface area contributed by atoms with Crippen molar-refractivity contribution in [2.24, 2.45) is 0 Å². The molecule has 0 saturated heterocycles. The smallest absolute Gasteiger partial charge is 0.264 e. The minimum atomic E-state index is -0.273. The SMILES string of the molecule is Cc1ccc(CO)cc1NC(=O)CN(C)C(=O)c1cccs1. The van der Waals surface area contributed by atoms with E-state index in [9.17, 15) is 9.59 Å². The number of carbonyl (C=O) groups is 2. The van der Waals surface area contributed by atoms with Crippen LogP contribution in [0.15, 0.2) is 35.7 Å². The van der Waals surface area contributed by atoms with Gasteiger partial charge in [0.25, 0.3) is 5.91 Å². The number of hydrogen-bond acceptors (Lipinski definition) is 4. The molecule has 0 aliphatic carbocycles. The molecule has 2 N–H and O–H groups in total. The number of amides is 2. The van der Waals surface area contributed by atoms with Crippen LogP contribution in [0.3, 0.4) is 0 Å². The monoisotopic (exact) mass is 318 g/mol. The van der Waals surface area contributed by atoms with Crippen LogP contribution >= 0.6 is 11.3 Å². The van der Waals surface area contributed by atoms with Crippen LogP contribution in [0.25, 0.3) is 0 Å². The van der Waals surface area contributed by atoms with Gasteiger partial charge in [-0.2, -0.15) is 0 Å². The number of likely N-dealkylation sites (N-methyl/N-ethyl adjacent to an activating group) is 1. The lowest BCUT2D eigenvalue weighted by Gasteiger charge is -2.17. The fourth-order valence-electron chi connectivity index (χ4n) is 1.97. The van der Waals surface area contributed by atoms with Crippen molar-refractivity contribution in [3.8, 4) is 0 Å². The van der Waals surface area contributed by atoms with E-state index in [2.05, 4.69) is 5.32 Å². The number of carbonyl (C=O) groups excluding carboxylic acids is 2. The van der Waals surface area contributed by atoms with Gasteiger partial charge >= 0.3 is 0 Å². The summed E-state index contributed by atoms with van der Waals surface area (Å²) in [5, 5.41) is 13.7. The molecule has 5 nitrogen and oxygen atoms in total. The van der Waals surface area contributed by atoms with Crippen molar-refractivity contribution >= 4 is 28.8 Å². The van der Waals surface area contributed by atoms with Crippen molar-refractivity contribution < 1.29 is 14.7 Å². The molecule has 2 amide bonds. The number of aliphatic hydroxyl groups excluding tert-OH is 1. The average molecular weight is 318 g/mol. The zero-order valence-corrected chi connectivity index (χ0v) is 13.3. The zero-order chi connectivity index (χ0) is 16.1. The molecule has 22 heavy (non-hydrogen) atoms. The predicted molar refractivity (Wildman–Crippen MR) is 87.0 cm³/mol. The number of hydrogen-bond donors (Lipinski definition) is 2. The van der Waals surface area contributed by atoms with Crippen molar-refractivity contribution in [3.63, 3.8) is 0 Å². The van der Waals surface area contributed by atoms with Gasteiger partial charge in [0.15, 0.2) is 0 Å². The Morgan fingerprint density at radius 3 is 2.73 bits per heavy atom. The van der Waals surface area contributed by atoms with Gasteiger partial charge in [-0.05, 0) is 35.6 Å². The Labute approximate surface area is 133 Å². The van der Waals surface area contributed by atoms with Crippen LogP contribution in [0.1, 0.15) is 20.8 Å². The summed E-state index contributed by atoms with van der Waals surface area (Å²) < 4.78 is 0. The number of nitrogens with zero attached hydrogens (tertiary/aromatic N) is 1. The van der Waals surface area contributed by atoms with E-state index >= 15 is 0 Å². The van der Waals surface area contributed by atoms with E-state index in [0.717, 1.165) is 11.1 Å². The molecule has 0 aliphatic heterocycles. The van der Waals surface area contributed by atoms with Gasteiger partial charge in [0.1, 0.15) is 0 Å². The molecule has 1 aromatic carbocycles. The lowest BCUT2D eigenvalue weighted by Crippen LogP contribution is -2.34. The van der Waals surface area contributed by atoms with E-state index in [4.69, 9.17) is 5.11 Å². The van der Waals surface area contributed by atoms with Gasteiger partial charge < -0.3 is 15.3 Å². The highest BCUT2D eigenvalue weighted by atomic mass is 32.1. The van der Waals surface area contributed by atoms with Gasteiger partial charge in [-0.25, -0.2) is 0 Å². The van der Waals surface area contributed by atoms with Crippen molar-refractivity contribution in [1.29, 1.82) is 0 Å². The van der Waals surface area contributed by atoms with Crippen LogP contribution in [0.2, 0.25) is 0 Å². The Morgan fingerprint density at radius 1 is 1.32 bits per heavy atom. The maximum Gasteiger partial charge on any atom is 0.264 e. The number of benzene rings is 1. The third-order valence-corrected chi connectivity index (χ3v) is 4.08. The van der Waals surface area contributed by atoms with E-state index in [0.29, 0.717) is 10.6 Å². The molecule has 0 spiro atoms. The largest absolute Gasteiger partial charge is 0.392 e. The molecule has 0 unspecified atom stereocenters. The van der Waals surface area contributed by atoms with Gasteiger partial charge in [0, 0.05) is 12.7 Å². The molecule has 0 fully saturated rings. The Kier molecular flexibility index (Phi) is 5.30.